The molecule has 0 atom stereocenters. The van der Waals surface area contributed by atoms with Gasteiger partial charge in [0.25, 0.3) is 0 Å². The van der Waals surface area contributed by atoms with E-state index in [1.807, 2.05) is 0 Å². The van der Waals surface area contributed by atoms with Crippen molar-refractivity contribution in [3.8, 4) is 5.75 Å². The topological polar surface area (TPSA) is 75.7 Å². The summed E-state index contributed by atoms with van der Waals surface area (Å²) in [6.07, 6.45) is 0.0692. The molecular weight excluding hydrogens is 376 g/mol. The number of likely N-dealkylation sites (N-methyl/N-ethyl adjacent to an activating group) is 1. The number of hydrogen-bond donors (Lipinski definition) is 1. The lowest BCUT2D eigenvalue weighted by Gasteiger charge is -2.17. The first-order chi connectivity index (χ1) is 12.4. The Morgan fingerprint density at radius 3 is 2.58 bits per heavy atom. The molecule has 0 radical (unpaired) electrons. The van der Waals surface area contributed by atoms with Crippen molar-refractivity contribution in [3.05, 3.63) is 59.6 Å². The zero-order chi connectivity index (χ0) is 19.0. The number of carbonyl (C=O) groups excluding carboxylic acids is 1. The number of hydrogen-bond acceptors (Lipinski definition) is 4. The van der Waals surface area contributed by atoms with Gasteiger partial charge in [-0.15, -0.1) is 0 Å². The molecule has 0 aliphatic heterocycles. The summed E-state index contributed by atoms with van der Waals surface area (Å²) in [6.45, 7) is 0.741. The summed E-state index contributed by atoms with van der Waals surface area (Å²) in [7, 11) is -1.95. The second-order valence-corrected chi connectivity index (χ2v) is 7.79. The molecule has 1 N–H and O–H groups in total. The summed E-state index contributed by atoms with van der Waals surface area (Å²) in [6, 6.07) is 15.1. The average Bonchev–Trinajstić information content (AvgIpc) is 2.62. The van der Waals surface area contributed by atoms with Crippen molar-refractivity contribution in [2.45, 2.75) is 11.3 Å². The minimum atomic E-state index is -3.60. The van der Waals surface area contributed by atoms with E-state index in [1.165, 1.54) is 17.0 Å². The highest BCUT2D eigenvalue weighted by molar-refractivity contribution is 7.89. The quantitative estimate of drug-likeness (QED) is 0.706. The highest BCUT2D eigenvalue weighted by Gasteiger charge is 2.14. The van der Waals surface area contributed by atoms with Crippen LogP contribution in [0.15, 0.2) is 59.5 Å². The van der Waals surface area contributed by atoms with Crippen molar-refractivity contribution in [2.24, 2.45) is 0 Å². The van der Waals surface area contributed by atoms with Gasteiger partial charge in [-0.05, 0) is 30.3 Å². The third kappa shape index (κ3) is 6.33. The summed E-state index contributed by atoms with van der Waals surface area (Å²) in [4.78, 5) is 13.8. The molecule has 0 bridgehead atoms. The lowest BCUT2D eigenvalue weighted by molar-refractivity contribution is -0.130. The minimum Gasteiger partial charge on any atom is -0.492 e. The average molecular weight is 397 g/mol. The number of sulfonamides is 1. The number of nitrogens with one attached hydrogen (secondary N) is 1. The molecule has 26 heavy (non-hydrogen) atoms. The molecule has 2 rings (SSSR count). The summed E-state index contributed by atoms with van der Waals surface area (Å²) >= 11 is 5.87. The number of nitrogens with zero attached hydrogens (tertiary/aromatic N) is 1. The molecule has 0 aliphatic rings. The maximum atomic E-state index is 12.1. The first-order valence-electron chi connectivity index (χ1n) is 8.05. The molecular formula is C18H21ClN2O4S. The fourth-order valence-electron chi connectivity index (χ4n) is 2.15. The second kappa shape index (κ2) is 9.56. The molecule has 140 valence electrons. The molecule has 2 aromatic rings. The van der Waals surface area contributed by atoms with E-state index in [1.54, 1.807) is 49.5 Å². The summed E-state index contributed by atoms with van der Waals surface area (Å²) in [5.74, 6) is 0.462. The van der Waals surface area contributed by atoms with Crippen LogP contribution in [0.2, 0.25) is 5.02 Å². The highest BCUT2D eigenvalue weighted by Crippen LogP contribution is 2.16. The number of carbonyl (C=O) groups is 1. The molecule has 0 saturated heterocycles. The number of amides is 1. The predicted octanol–water partition coefficient (Wildman–Crippen LogP) is 2.55. The first-order valence-corrected chi connectivity index (χ1v) is 9.91. The molecule has 1 amide bonds. The van der Waals surface area contributed by atoms with Crippen LogP contribution in [0.4, 0.5) is 0 Å². The van der Waals surface area contributed by atoms with Crippen LogP contribution in [0.3, 0.4) is 0 Å². The van der Waals surface area contributed by atoms with Gasteiger partial charge in [-0.25, -0.2) is 13.1 Å². The predicted molar refractivity (Wildman–Crippen MR) is 101 cm³/mol. The van der Waals surface area contributed by atoms with Gasteiger partial charge < -0.3 is 9.64 Å². The summed E-state index contributed by atoms with van der Waals surface area (Å²) in [5, 5.41) is 0.581. The molecule has 0 unspecified atom stereocenters. The molecule has 8 heteroatoms. The molecule has 6 nitrogen and oxygen atoms in total. The third-order valence-corrected chi connectivity index (χ3v) is 5.31. The lowest BCUT2D eigenvalue weighted by atomic mass is 10.3. The highest BCUT2D eigenvalue weighted by atomic mass is 35.5. The van der Waals surface area contributed by atoms with Gasteiger partial charge in [0.15, 0.2) is 0 Å². The van der Waals surface area contributed by atoms with Gasteiger partial charge in [-0.1, -0.05) is 35.9 Å². The standard InChI is InChI=1S/C18H21ClN2O4S/c1-21(12-13-25-16-7-5-6-15(19)14-16)18(22)10-11-20-26(23,24)17-8-3-2-4-9-17/h2-9,14,20H,10-13H2,1H3. The van der Waals surface area contributed by atoms with E-state index in [0.717, 1.165) is 0 Å². The van der Waals surface area contributed by atoms with Crippen LogP contribution in [0.5, 0.6) is 5.75 Å². The molecule has 0 fully saturated rings. The maximum absolute atomic E-state index is 12.1. The monoisotopic (exact) mass is 396 g/mol. The maximum Gasteiger partial charge on any atom is 0.240 e. The zero-order valence-electron chi connectivity index (χ0n) is 14.4. The van der Waals surface area contributed by atoms with Crippen LogP contribution in [-0.2, 0) is 14.8 Å². The Morgan fingerprint density at radius 2 is 1.88 bits per heavy atom. The van der Waals surface area contributed by atoms with E-state index in [0.29, 0.717) is 23.9 Å². The van der Waals surface area contributed by atoms with E-state index in [4.69, 9.17) is 16.3 Å². The van der Waals surface area contributed by atoms with Crippen molar-refractivity contribution in [2.75, 3.05) is 26.7 Å². The van der Waals surface area contributed by atoms with Gasteiger partial charge in [0.1, 0.15) is 12.4 Å². The normalized spacial score (nSPS) is 11.2. The van der Waals surface area contributed by atoms with Crippen molar-refractivity contribution in [3.63, 3.8) is 0 Å². The van der Waals surface area contributed by atoms with Crippen LogP contribution >= 0.6 is 11.6 Å². The number of rotatable bonds is 9. The number of benzene rings is 2. The Balaban J connectivity index is 1.72. The zero-order valence-corrected chi connectivity index (χ0v) is 16.0. The molecule has 0 saturated carbocycles. The minimum absolute atomic E-state index is 0.0373. The summed E-state index contributed by atoms with van der Waals surface area (Å²) in [5.41, 5.74) is 0. The van der Waals surface area contributed by atoms with Gasteiger partial charge in [0.2, 0.25) is 15.9 Å². The van der Waals surface area contributed by atoms with Crippen LogP contribution in [0, 0.1) is 0 Å². The number of halogens is 1. The van der Waals surface area contributed by atoms with Gasteiger partial charge in [-0.2, -0.15) is 0 Å². The van der Waals surface area contributed by atoms with Crippen LogP contribution < -0.4 is 9.46 Å². The van der Waals surface area contributed by atoms with E-state index in [9.17, 15) is 13.2 Å². The fourth-order valence-corrected chi connectivity index (χ4v) is 3.38. The molecule has 0 heterocycles. The van der Waals surface area contributed by atoms with Crippen molar-refractivity contribution >= 4 is 27.5 Å². The van der Waals surface area contributed by atoms with Crippen LogP contribution in [-0.4, -0.2) is 46.0 Å². The smallest absolute Gasteiger partial charge is 0.240 e. The summed E-state index contributed by atoms with van der Waals surface area (Å²) < 4.78 is 32.1. The van der Waals surface area contributed by atoms with Crippen LogP contribution in [0.1, 0.15) is 6.42 Å². The van der Waals surface area contributed by atoms with E-state index >= 15 is 0 Å². The Labute approximate surface area is 158 Å². The van der Waals surface area contributed by atoms with Crippen molar-refractivity contribution in [1.29, 1.82) is 0 Å². The third-order valence-electron chi connectivity index (χ3n) is 3.60. The van der Waals surface area contributed by atoms with Gasteiger partial charge in [0, 0.05) is 25.0 Å². The Bertz CT molecular complexity index is 828. The lowest BCUT2D eigenvalue weighted by Crippen LogP contribution is -2.34. The van der Waals surface area contributed by atoms with Gasteiger partial charge in [0.05, 0.1) is 11.4 Å². The molecule has 0 spiro atoms. The van der Waals surface area contributed by atoms with E-state index < -0.39 is 10.0 Å². The van der Waals surface area contributed by atoms with E-state index in [2.05, 4.69) is 4.72 Å². The Kier molecular flexibility index (Phi) is 7.44. The number of ether oxygens (including phenoxy) is 1. The Hall–Kier alpha value is -2.09. The fraction of sp³-hybridized carbons (Fsp3) is 0.278. The molecule has 0 aromatic heterocycles. The first kappa shape index (κ1) is 20.2. The van der Waals surface area contributed by atoms with Crippen molar-refractivity contribution in [1.82, 2.24) is 9.62 Å². The molecule has 0 aliphatic carbocycles. The second-order valence-electron chi connectivity index (χ2n) is 5.58. The van der Waals surface area contributed by atoms with Gasteiger partial charge >= 0.3 is 0 Å². The van der Waals surface area contributed by atoms with Gasteiger partial charge in [-0.3, -0.25) is 4.79 Å². The van der Waals surface area contributed by atoms with E-state index in [-0.39, 0.29) is 23.8 Å². The van der Waals surface area contributed by atoms with Crippen molar-refractivity contribution < 1.29 is 17.9 Å². The van der Waals surface area contributed by atoms with Crippen LogP contribution in [0.25, 0.3) is 0 Å². The SMILES string of the molecule is CN(CCOc1cccc(Cl)c1)C(=O)CCNS(=O)(=O)c1ccccc1. The molecule has 2 aromatic carbocycles. The Morgan fingerprint density at radius 1 is 1.15 bits per heavy atom. The largest absolute Gasteiger partial charge is 0.492 e.